The van der Waals surface area contributed by atoms with Crippen LogP contribution in [0.15, 0.2) is 18.2 Å². The number of alkyl halides is 3. The summed E-state index contributed by atoms with van der Waals surface area (Å²) in [4.78, 5) is 15.0. The van der Waals surface area contributed by atoms with E-state index in [2.05, 4.69) is 5.32 Å². The molecule has 1 aromatic rings. The Labute approximate surface area is 176 Å². The molecule has 2 fully saturated rings. The Bertz CT molecular complexity index is 761. The van der Waals surface area contributed by atoms with Gasteiger partial charge in [-0.1, -0.05) is 6.07 Å². The Morgan fingerprint density at radius 1 is 1.20 bits per heavy atom. The average molecular weight is 425 g/mol. The third-order valence-corrected chi connectivity index (χ3v) is 7.11. The lowest BCUT2D eigenvalue weighted by molar-refractivity contribution is -0.138. The van der Waals surface area contributed by atoms with Crippen LogP contribution in [0.5, 0.6) is 0 Å². The molecule has 1 amide bonds. The van der Waals surface area contributed by atoms with Crippen LogP contribution < -0.4 is 5.32 Å². The molecule has 1 aliphatic carbocycles. The van der Waals surface area contributed by atoms with Crippen molar-refractivity contribution < 1.29 is 22.7 Å². The quantitative estimate of drug-likeness (QED) is 0.782. The first-order valence-electron chi connectivity index (χ1n) is 11.1. The van der Waals surface area contributed by atoms with Gasteiger partial charge in [0, 0.05) is 31.7 Å². The highest BCUT2D eigenvalue weighted by molar-refractivity contribution is 5.80. The fraction of sp³-hybridized carbons (Fsp3) is 0.696. The highest BCUT2D eigenvalue weighted by atomic mass is 19.4. The summed E-state index contributed by atoms with van der Waals surface area (Å²) < 4.78 is 44.8. The van der Waals surface area contributed by atoms with Gasteiger partial charge < -0.3 is 15.0 Å². The second-order valence-electron chi connectivity index (χ2n) is 9.04. The summed E-state index contributed by atoms with van der Waals surface area (Å²) in [6.45, 7) is 5.08. The monoisotopic (exact) mass is 424 g/mol. The number of amides is 1. The summed E-state index contributed by atoms with van der Waals surface area (Å²) in [5, 5.41) is 3.64. The number of rotatable bonds is 4. The van der Waals surface area contributed by atoms with E-state index in [9.17, 15) is 18.0 Å². The lowest BCUT2D eigenvalue weighted by Crippen LogP contribution is -2.42. The van der Waals surface area contributed by atoms with E-state index in [0.717, 1.165) is 63.5 Å². The van der Waals surface area contributed by atoms with Crippen LogP contribution in [-0.2, 0) is 22.1 Å². The maximum absolute atomic E-state index is 13.2. The van der Waals surface area contributed by atoms with Crippen molar-refractivity contribution >= 4 is 5.91 Å². The molecule has 0 spiro atoms. The van der Waals surface area contributed by atoms with Gasteiger partial charge in [0.1, 0.15) is 0 Å². The van der Waals surface area contributed by atoms with E-state index in [4.69, 9.17) is 4.74 Å². The molecular weight excluding hydrogens is 393 g/mol. The van der Waals surface area contributed by atoms with Crippen molar-refractivity contribution in [2.24, 2.45) is 11.8 Å². The van der Waals surface area contributed by atoms with Crippen LogP contribution in [0.2, 0.25) is 0 Å². The van der Waals surface area contributed by atoms with Crippen molar-refractivity contribution in [1.29, 1.82) is 0 Å². The molecule has 1 N–H and O–H groups in total. The number of fused-ring (bicyclic) bond motifs is 1. The lowest BCUT2D eigenvalue weighted by atomic mass is 9.90. The predicted octanol–water partition coefficient (Wildman–Crippen LogP) is 4.34. The highest BCUT2D eigenvalue weighted by Gasteiger charge is 2.38. The van der Waals surface area contributed by atoms with Gasteiger partial charge >= 0.3 is 6.18 Å². The number of nitrogens with zero attached hydrogens (tertiary/aromatic N) is 1. The number of hydrogen-bond acceptors (Lipinski definition) is 3. The third kappa shape index (κ3) is 4.67. The number of carbonyl (C=O) groups excluding carboxylic acids is 1. The molecule has 2 aliphatic heterocycles. The van der Waals surface area contributed by atoms with Crippen LogP contribution in [0.1, 0.15) is 61.8 Å². The van der Waals surface area contributed by atoms with Crippen LogP contribution in [0.25, 0.3) is 0 Å². The maximum Gasteiger partial charge on any atom is 0.416 e. The number of nitrogens with one attached hydrogen (secondary N) is 1. The Hall–Kier alpha value is -1.60. The largest absolute Gasteiger partial charge is 0.416 e. The van der Waals surface area contributed by atoms with E-state index in [-0.39, 0.29) is 17.9 Å². The Morgan fingerprint density at radius 3 is 2.70 bits per heavy atom. The predicted molar refractivity (Wildman–Crippen MR) is 108 cm³/mol. The molecular formula is C23H31F3N2O2. The molecule has 0 aromatic heterocycles. The van der Waals surface area contributed by atoms with E-state index >= 15 is 0 Å². The van der Waals surface area contributed by atoms with Crippen molar-refractivity contribution in [3.05, 3.63) is 34.9 Å². The molecule has 7 heteroatoms. The van der Waals surface area contributed by atoms with E-state index in [1.54, 1.807) is 11.0 Å². The van der Waals surface area contributed by atoms with Crippen LogP contribution in [-0.4, -0.2) is 43.2 Å². The van der Waals surface area contributed by atoms with Gasteiger partial charge in [-0.25, -0.2) is 0 Å². The minimum atomic E-state index is -4.37. The van der Waals surface area contributed by atoms with Crippen molar-refractivity contribution in [3.63, 3.8) is 0 Å². The first-order chi connectivity index (χ1) is 14.3. The van der Waals surface area contributed by atoms with Crippen molar-refractivity contribution in [2.75, 3.05) is 26.3 Å². The molecule has 1 saturated heterocycles. The van der Waals surface area contributed by atoms with Crippen LogP contribution >= 0.6 is 0 Å². The molecule has 3 aliphatic rings. The van der Waals surface area contributed by atoms with Gasteiger partial charge in [-0.05, 0) is 81.2 Å². The SMILES string of the molecule is CC1c2cc(C(F)(F)F)ccc2CCN1C(=O)C1CCC(NCC2CCOCC2)C1. The van der Waals surface area contributed by atoms with Gasteiger partial charge in [0.2, 0.25) is 5.91 Å². The van der Waals surface area contributed by atoms with Gasteiger partial charge in [0.05, 0.1) is 11.6 Å². The molecule has 4 nitrogen and oxygen atoms in total. The Balaban J connectivity index is 1.36. The fourth-order valence-electron chi connectivity index (χ4n) is 5.20. The Morgan fingerprint density at radius 2 is 1.97 bits per heavy atom. The topological polar surface area (TPSA) is 41.6 Å². The summed E-state index contributed by atoms with van der Waals surface area (Å²) in [5.41, 5.74) is 0.916. The van der Waals surface area contributed by atoms with Crippen molar-refractivity contribution in [2.45, 2.75) is 63.7 Å². The molecule has 4 rings (SSSR count). The Kier molecular flexibility index (Phi) is 6.39. The number of halogens is 3. The zero-order chi connectivity index (χ0) is 21.3. The van der Waals surface area contributed by atoms with E-state index in [1.807, 2.05) is 6.92 Å². The van der Waals surface area contributed by atoms with E-state index in [0.29, 0.717) is 30.5 Å². The van der Waals surface area contributed by atoms with Gasteiger partial charge in [-0.2, -0.15) is 13.2 Å². The molecule has 0 radical (unpaired) electrons. The standard InChI is InChI=1S/C23H31F3N2O2/c1-15-21-13-19(23(24,25)26)4-2-17(21)6-9-28(15)22(29)18-3-5-20(12-18)27-14-16-7-10-30-11-8-16/h2,4,13,15-16,18,20,27H,3,5-12,14H2,1H3. The van der Waals surface area contributed by atoms with Crippen molar-refractivity contribution in [3.8, 4) is 0 Å². The zero-order valence-corrected chi connectivity index (χ0v) is 17.5. The summed E-state index contributed by atoms with van der Waals surface area (Å²) in [7, 11) is 0. The number of carbonyl (C=O) groups is 1. The molecule has 1 saturated carbocycles. The molecule has 3 unspecified atom stereocenters. The lowest BCUT2D eigenvalue weighted by Gasteiger charge is -2.37. The molecule has 166 valence electrons. The van der Waals surface area contributed by atoms with Gasteiger partial charge in [-0.3, -0.25) is 4.79 Å². The normalized spacial score (nSPS) is 27.9. The number of benzene rings is 1. The molecule has 3 atom stereocenters. The summed E-state index contributed by atoms with van der Waals surface area (Å²) in [6.07, 6.45) is 1.08. The van der Waals surface area contributed by atoms with Crippen LogP contribution in [0.4, 0.5) is 13.2 Å². The third-order valence-electron chi connectivity index (χ3n) is 7.11. The fourth-order valence-corrected chi connectivity index (χ4v) is 5.20. The van der Waals surface area contributed by atoms with Crippen LogP contribution in [0, 0.1) is 11.8 Å². The van der Waals surface area contributed by atoms with E-state index in [1.165, 1.54) is 6.07 Å². The minimum absolute atomic E-state index is 0.0352. The molecule has 1 aromatic carbocycles. The minimum Gasteiger partial charge on any atom is -0.381 e. The number of ether oxygens (including phenoxy) is 1. The smallest absolute Gasteiger partial charge is 0.381 e. The number of hydrogen-bond donors (Lipinski definition) is 1. The maximum atomic E-state index is 13.2. The second-order valence-corrected chi connectivity index (χ2v) is 9.04. The second kappa shape index (κ2) is 8.87. The van der Waals surface area contributed by atoms with Gasteiger partial charge in [0.15, 0.2) is 0 Å². The first kappa shape index (κ1) is 21.6. The summed E-state index contributed by atoms with van der Waals surface area (Å²) in [5.74, 6) is 0.711. The molecule has 0 bridgehead atoms. The van der Waals surface area contributed by atoms with E-state index < -0.39 is 11.7 Å². The van der Waals surface area contributed by atoms with Crippen LogP contribution in [0.3, 0.4) is 0 Å². The van der Waals surface area contributed by atoms with Crippen molar-refractivity contribution in [1.82, 2.24) is 10.2 Å². The summed E-state index contributed by atoms with van der Waals surface area (Å²) >= 11 is 0. The average Bonchev–Trinajstić information content (AvgIpc) is 3.21. The van der Waals surface area contributed by atoms with Gasteiger partial charge in [-0.15, -0.1) is 0 Å². The summed E-state index contributed by atoms with van der Waals surface area (Å²) in [6, 6.07) is 3.98. The zero-order valence-electron chi connectivity index (χ0n) is 17.5. The highest BCUT2D eigenvalue weighted by Crippen LogP contribution is 2.38. The molecule has 30 heavy (non-hydrogen) atoms. The first-order valence-corrected chi connectivity index (χ1v) is 11.1. The van der Waals surface area contributed by atoms with Gasteiger partial charge in [0.25, 0.3) is 0 Å². The molecule has 2 heterocycles.